The summed E-state index contributed by atoms with van der Waals surface area (Å²) in [6.45, 7) is 3.31. The van der Waals surface area contributed by atoms with Gasteiger partial charge in [0.1, 0.15) is 5.66 Å². The van der Waals surface area contributed by atoms with E-state index in [2.05, 4.69) is 9.98 Å². The summed E-state index contributed by atoms with van der Waals surface area (Å²) in [4.78, 5) is 9.22. The summed E-state index contributed by atoms with van der Waals surface area (Å²) in [7, 11) is 0. The maximum absolute atomic E-state index is 12.9. The van der Waals surface area contributed by atoms with Crippen LogP contribution >= 0.6 is 11.6 Å². The van der Waals surface area contributed by atoms with Gasteiger partial charge in [-0.3, -0.25) is 4.90 Å². The minimum absolute atomic E-state index is 0.0289. The van der Waals surface area contributed by atoms with Crippen molar-refractivity contribution in [3.8, 4) is 0 Å². The van der Waals surface area contributed by atoms with E-state index in [0.717, 1.165) is 12.1 Å². The molecule has 0 saturated carbocycles. The Labute approximate surface area is 124 Å². The Bertz CT molecular complexity index is 636. The summed E-state index contributed by atoms with van der Waals surface area (Å²) in [5.74, 6) is -0.0679. The molecule has 1 aliphatic rings. The molecule has 1 aromatic carbocycles. The van der Waals surface area contributed by atoms with Crippen LogP contribution in [0.25, 0.3) is 0 Å². The maximum atomic E-state index is 12.9. The van der Waals surface area contributed by atoms with E-state index in [1.54, 1.807) is 13.8 Å². The smallest absolute Gasteiger partial charge is 0.369 e. The van der Waals surface area contributed by atoms with Crippen LogP contribution in [0.5, 0.6) is 0 Å². The molecule has 0 unspecified atom stereocenters. The topological polar surface area (TPSA) is 80.0 Å². The van der Waals surface area contributed by atoms with E-state index < -0.39 is 17.4 Å². The van der Waals surface area contributed by atoms with Crippen molar-refractivity contribution in [1.29, 1.82) is 0 Å². The highest BCUT2D eigenvalue weighted by Gasteiger charge is 2.37. The van der Waals surface area contributed by atoms with Crippen LogP contribution in [0, 0.1) is 0 Å². The van der Waals surface area contributed by atoms with Crippen molar-refractivity contribution in [2.75, 3.05) is 4.90 Å². The standard InChI is InChI=1S/C12H13ClF3N5/c1-11(2)20-9(17)19-10(18)21(11)6-3-4-8(13)7(5-6)12(14,15)16/h3-5H,1-2H3,(H4,17,18,19,20). The Morgan fingerprint density at radius 3 is 2.38 bits per heavy atom. The molecule has 21 heavy (non-hydrogen) atoms. The molecule has 0 atom stereocenters. The summed E-state index contributed by atoms with van der Waals surface area (Å²) in [6.07, 6.45) is -4.57. The largest absolute Gasteiger partial charge is 0.417 e. The number of benzene rings is 1. The molecule has 0 saturated heterocycles. The van der Waals surface area contributed by atoms with Gasteiger partial charge in [0.2, 0.25) is 11.9 Å². The number of alkyl halides is 3. The van der Waals surface area contributed by atoms with Crippen LogP contribution in [-0.4, -0.2) is 17.6 Å². The minimum atomic E-state index is -4.57. The molecule has 1 aliphatic heterocycles. The number of halogens is 4. The van der Waals surface area contributed by atoms with Gasteiger partial charge in [-0.05, 0) is 32.0 Å². The first-order valence-electron chi connectivity index (χ1n) is 5.89. The second-order valence-corrected chi connectivity index (χ2v) is 5.34. The predicted octanol–water partition coefficient (Wildman–Crippen LogP) is 2.54. The van der Waals surface area contributed by atoms with Gasteiger partial charge in [0.05, 0.1) is 10.6 Å². The Balaban J connectivity index is 2.55. The first kappa shape index (κ1) is 15.4. The molecule has 0 bridgehead atoms. The zero-order valence-electron chi connectivity index (χ0n) is 11.2. The summed E-state index contributed by atoms with van der Waals surface area (Å²) in [6, 6.07) is 3.48. The molecule has 0 aliphatic carbocycles. The van der Waals surface area contributed by atoms with Gasteiger partial charge < -0.3 is 11.5 Å². The number of aliphatic imine (C=N–C) groups is 2. The fraction of sp³-hybridized carbons (Fsp3) is 0.333. The number of hydrogen-bond acceptors (Lipinski definition) is 5. The molecular weight excluding hydrogens is 307 g/mol. The van der Waals surface area contributed by atoms with Gasteiger partial charge in [-0.15, -0.1) is 0 Å². The van der Waals surface area contributed by atoms with E-state index in [0.29, 0.717) is 0 Å². The fourth-order valence-corrected chi connectivity index (χ4v) is 2.35. The SMILES string of the molecule is CC1(C)N=C(N)N=C(N)N1c1ccc(Cl)c(C(F)(F)F)c1. The molecule has 1 heterocycles. The number of hydrogen-bond donors (Lipinski definition) is 2. The van der Waals surface area contributed by atoms with Crippen LogP contribution in [0.15, 0.2) is 28.2 Å². The fourth-order valence-electron chi connectivity index (χ4n) is 2.12. The minimum Gasteiger partial charge on any atom is -0.369 e. The third-order valence-corrected chi connectivity index (χ3v) is 3.24. The average molecular weight is 320 g/mol. The van der Waals surface area contributed by atoms with Gasteiger partial charge in [-0.2, -0.15) is 18.2 Å². The first-order chi connectivity index (χ1) is 9.52. The quantitative estimate of drug-likeness (QED) is 0.834. The van der Waals surface area contributed by atoms with Crippen molar-refractivity contribution < 1.29 is 13.2 Å². The van der Waals surface area contributed by atoms with E-state index in [9.17, 15) is 13.2 Å². The Morgan fingerprint density at radius 2 is 1.86 bits per heavy atom. The number of rotatable bonds is 1. The van der Waals surface area contributed by atoms with Crippen molar-refractivity contribution >= 4 is 29.2 Å². The molecule has 0 amide bonds. The average Bonchev–Trinajstić information content (AvgIpc) is 2.27. The molecular formula is C12H13ClF3N5. The highest BCUT2D eigenvalue weighted by molar-refractivity contribution is 6.31. The molecule has 1 aromatic rings. The zero-order valence-corrected chi connectivity index (χ0v) is 12.0. The number of guanidine groups is 2. The molecule has 9 heteroatoms. The van der Waals surface area contributed by atoms with Crippen LogP contribution in [0.2, 0.25) is 5.02 Å². The Hall–Kier alpha value is -1.96. The molecule has 0 fully saturated rings. The molecule has 2 rings (SSSR count). The molecule has 0 aromatic heterocycles. The third-order valence-electron chi connectivity index (χ3n) is 2.91. The number of nitrogens with zero attached hydrogens (tertiary/aromatic N) is 3. The zero-order chi connectivity index (χ0) is 16.0. The van der Waals surface area contributed by atoms with Crippen molar-refractivity contribution in [2.45, 2.75) is 25.7 Å². The molecule has 0 spiro atoms. The number of anilines is 1. The van der Waals surface area contributed by atoms with E-state index in [4.69, 9.17) is 23.1 Å². The number of nitrogens with two attached hydrogens (primary N) is 2. The Kier molecular flexibility index (Phi) is 3.53. The summed E-state index contributed by atoms with van der Waals surface area (Å²) in [5, 5.41) is -0.389. The monoisotopic (exact) mass is 319 g/mol. The van der Waals surface area contributed by atoms with Gasteiger partial charge in [-0.25, -0.2) is 4.99 Å². The lowest BCUT2D eigenvalue weighted by molar-refractivity contribution is -0.137. The highest BCUT2D eigenvalue weighted by Crippen LogP contribution is 2.38. The maximum Gasteiger partial charge on any atom is 0.417 e. The van der Waals surface area contributed by atoms with E-state index in [1.165, 1.54) is 11.0 Å². The first-order valence-corrected chi connectivity index (χ1v) is 6.26. The lowest BCUT2D eigenvalue weighted by Crippen LogP contribution is -2.54. The van der Waals surface area contributed by atoms with Crippen molar-refractivity contribution in [2.24, 2.45) is 21.5 Å². The van der Waals surface area contributed by atoms with Crippen LogP contribution in [-0.2, 0) is 6.18 Å². The lowest BCUT2D eigenvalue weighted by Gasteiger charge is -2.38. The van der Waals surface area contributed by atoms with E-state index in [-0.39, 0.29) is 22.6 Å². The second-order valence-electron chi connectivity index (χ2n) is 4.93. The second kappa shape index (κ2) is 4.80. The van der Waals surface area contributed by atoms with E-state index >= 15 is 0 Å². The van der Waals surface area contributed by atoms with Gasteiger partial charge in [0.25, 0.3) is 0 Å². The lowest BCUT2D eigenvalue weighted by atomic mass is 10.1. The van der Waals surface area contributed by atoms with Crippen molar-refractivity contribution in [3.05, 3.63) is 28.8 Å². The molecule has 0 radical (unpaired) electrons. The summed E-state index contributed by atoms with van der Waals surface area (Å²) >= 11 is 5.60. The van der Waals surface area contributed by atoms with Crippen LogP contribution < -0.4 is 16.4 Å². The molecule has 114 valence electrons. The molecule has 5 nitrogen and oxygen atoms in total. The van der Waals surface area contributed by atoms with Gasteiger partial charge in [0.15, 0.2) is 0 Å². The van der Waals surface area contributed by atoms with Gasteiger partial charge in [-0.1, -0.05) is 11.6 Å². The van der Waals surface area contributed by atoms with Gasteiger partial charge >= 0.3 is 6.18 Å². The third kappa shape index (κ3) is 2.90. The Morgan fingerprint density at radius 1 is 1.24 bits per heavy atom. The molecule has 4 N–H and O–H groups in total. The summed E-state index contributed by atoms with van der Waals surface area (Å²) < 4.78 is 38.8. The highest BCUT2D eigenvalue weighted by atomic mass is 35.5. The van der Waals surface area contributed by atoms with E-state index in [1.807, 2.05) is 0 Å². The van der Waals surface area contributed by atoms with Gasteiger partial charge in [0, 0.05) is 5.69 Å². The van der Waals surface area contributed by atoms with Crippen molar-refractivity contribution in [3.63, 3.8) is 0 Å². The van der Waals surface area contributed by atoms with Crippen molar-refractivity contribution in [1.82, 2.24) is 0 Å². The van der Waals surface area contributed by atoms with Crippen LogP contribution in [0.4, 0.5) is 18.9 Å². The predicted molar refractivity (Wildman–Crippen MR) is 76.3 cm³/mol. The summed E-state index contributed by atoms with van der Waals surface area (Å²) in [5.41, 5.74) is 9.55. The normalized spacial score (nSPS) is 18.3. The van der Waals surface area contributed by atoms with Crippen LogP contribution in [0.1, 0.15) is 19.4 Å². The van der Waals surface area contributed by atoms with Crippen LogP contribution in [0.3, 0.4) is 0 Å².